The Morgan fingerprint density at radius 1 is 1.19 bits per heavy atom. The first-order valence-corrected chi connectivity index (χ1v) is 8.81. The molecule has 0 saturated carbocycles. The fourth-order valence-electron chi connectivity index (χ4n) is 2.80. The smallest absolute Gasteiger partial charge is 0.410 e. The number of nitrogens with zero attached hydrogens (tertiary/aromatic N) is 1. The summed E-state index contributed by atoms with van der Waals surface area (Å²) in [6.07, 6.45) is 0.120. The maximum absolute atomic E-state index is 12.3. The molecule has 0 spiro atoms. The summed E-state index contributed by atoms with van der Waals surface area (Å²) < 4.78 is 10.3. The van der Waals surface area contributed by atoms with Gasteiger partial charge in [-0.2, -0.15) is 0 Å². The number of hydrogen-bond donors (Lipinski definition) is 1. The van der Waals surface area contributed by atoms with Crippen LogP contribution in [0, 0.1) is 0 Å². The largest absolute Gasteiger partial charge is 0.466 e. The van der Waals surface area contributed by atoms with E-state index in [2.05, 4.69) is 5.32 Å². The van der Waals surface area contributed by atoms with E-state index in [0.29, 0.717) is 18.5 Å². The van der Waals surface area contributed by atoms with Gasteiger partial charge in [-0.1, -0.05) is 30.3 Å². The molecule has 1 heterocycles. The van der Waals surface area contributed by atoms with Crippen LogP contribution in [0.2, 0.25) is 0 Å². The lowest BCUT2D eigenvalue weighted by atomic mass is 10.0. The molecule has 0 saturated heterocycles. The molecular weight excluding hydrogens is 332 g/mol. The Hall–Kier alpha value is -2.50. The van der Waals surface area contributed by atoms with Gasteiger partial charge in [-0.3, -0.25) is 0 Å². The second-order valence-electron chi connectivity index (χ2n) is 7.38. The number of nitrogens with one attached hydrogen (secondary N) is 1. The molecule has 1 atom stereocenters. The molecule has 1 N–H and O–H groups in total. The van der Waals surface area contributed by atoms with E-state index in [0.717, 1.165) is 11.3 Å². The van der Waals surface area contributed by atoms with Crippen LogP contribution in [0.25, 0.3) is 0 Å². The molecule has 2 rings (SSSR count). The molecule has 1 aliphatic rings. The van der Waals surface area contributed by atoms with Gasteiger partial charge >= 0.3 is 12.1 Å². The van der Waals surface area contributed by atoms with Gasteiger partial charge in [-0.25, -0.2) is 9.59 Å². The van der Waals surface area contributed by atoms with Crippen molar-refractivity contribution in [2.75, 3.05) is 20.2 Å². The summed E-state index contributed by atoms with van der Waals surface area (Å²) in [6.45, 7) is 8.16. The van der Waals surface area contributed by atoms with Gasteiger partial charge < -0.3 is 19.7 Å². The number of amides is 1. The van der Waals surface area contributed by atoms with Gasteiger partial charge in [-0.15, -0.1) is 0 Å². The van der Waals surface area contributed by atoms with Gasteiger partial charge in [0.25, 0.3) is 0 Å². The van der Waals surface area contributed by atoms with Gasteiger partial charge in [-0.05, 0) is 33.3 Å². The van der Waals surface area contributed by atoms with Crippen LogP contribution in [0.15, 0.2) is 41.6 Å². The van der Waals surface area contributed by atoms with Crippen LogP contribution < -0.4 is 5.32 Å². The van der Waals surface area contributed by atoms with Crippen molar-refractivity contribution in [2.24, 2.45) is 0 Å². The maximum atomic E-state index is 12.3. The zero-order valence-electron chi connectivity index (χ0n) is 16.2. The fourth-order valence-corrected chi connectivity index (χ4v) is 2.80. The first kappa shape index (κ1) is 19.8. The van der Waals surface area contributed by atoms with Crippen molar-refractivity contribution < 1.29 is 19.1 Å². The Morgan fingerprint density at radius 2 is 1.85 bits per heavy atom. The van der Waals surface area contributed by atoms with E-state index in [9.17, 15) is 9.59 Å². The lowest BCUT2D eigenvalue weighted by Crippen LogP contribution is -2.43. The lowest BCUT2D eigenvalue weighted by Gasteiger charge is -2.33. The molecule has 26 heavy (non-hydrogen) atoms. The van der Waals surface area contributed by atoms with E-state index in [1.165, 1.54) is 12.0 Å². The molecule has 0 fully saturated rings. The van der Waals surface area contributed by atoms with Crippen molar-refractivity contribution in [1.82, 2.24) is 10.2 Å². The van der Waals surface area contributed by atoms with Crippen molar-refractivity contribution in [3.05, 3.63) is 47.2 Å². The molecule has 0 aliphatic carbocycles. The third-order valence-corrected chi connectivity index (χ3v) is 4.12. The standard InChI is InChI=1S/C20H28N2O4/c1-14(15-9-7-6-8-10-15)21-17-11-12-22(13-16(17)18(23)25-5)19(24)26-20(2,3)4/h6-10,14,21H,11-13H2,1-5H3. The second-order valence-corrected chi connectivity index (χ2v) is 7.38. The Labute approximate surface area is 155 Å². The van der Waals surface area contributed by atoms with Crippen molar-refractivity contribution in [3.8, 4) is 0 Å². The molecule has 1 unspecified atom stereocenters. The summed E-state index contributed by atoms with van der Waals surface area (Å²) in [4.78, 5) is 26.1. The van der Waals surface area contributed by atoms with Gasteiger partial charge in [0.15, 0.2) is 0 Å². The molecular formula is C20H28N2O4. The van der Waals surface area contributed by atoms with Gasteiger partial charge in [0.2, 0.25) is 0 Å². The highest BCUT2D eigenvalue weighted by molar-refractivity contribution is 5.90. The highest BCUT2D eigenvalue weighted by atomic mass is 16.6. The molecule has 6 heteroatoms. The Kier molecular flexibility index (Phi) is 6.29. The lowest BCUT2D eigenvalue weighted by molar-refractivity contribution is -0.136. The van der Waals surface area contributed by atoms with Crippen LogP contribution in [0.4, 0.5) is 4.79 Å². The zero-order valence-corrected chi connectivity index (χ0v) is 16.2. The number of carbonyl (C=O) groups is 2. The molecule has 0 aromatic heterocycles. The van der Waals surface area contributed by atoms with Crippen molar-refractivity contribution >= 4 is 12.1 Å². The molecule has 1 aromatic carbocycles. The number of methoxy groups -OCH3 is 1. The van der Waals surface area contributed by atoms with Crippen molar-refractivity contribution in [3.63, 3.8) is 0 Å². The minimum absolute atomic E-state index is 0.0407. The highest BCUT2D eigenvalue weighted by Gasteiger charge is 2.30. The van der Waals surface area contributed by atoms with Crippen LogP contribution in [0.5, 0.6) is 0 Å². The van der Waals surface area contributed by atoms with E-state index in [1.54, 1.807) is 0 Å². The number of rotatable bonds is 4. The molecule has 1 aliphatic heterocycles. The van der Waals surface area contributed by atoms with Crippen molar-refractivity contribution in [1.29, 1.82) is 0 Å². The summed E-state index contributed by atoms with van der Waals surface area (Å²) in [6, 6.07) is 10.0. The third kappa shape index (κ3) is 5.25. The van der Waals surface area contributed by atoms with Crippen LogP contribution in [0.1, 0.15) is 45.7 Å². The van der Waals surface area contributed by atoms with Gasteiger partial charge in [0.05, 0.1) is 19.2 Å². The summed E-state index contributed by atoms with van der Waals surface area (Å²) in [5.41, 5.74) is 1.83. The summed E-state index contributed by atoms with van der Waals surface area (Å²) in [5.74, 6) is -0.430. The normalized spacial score (nSPS) is 16.1. The zero-order chi connectivity index (χ0) is 19.3. The average molecular weight is 360 g/mol. The summed E-state index contributed by atoms with van der Waals surface area (Å²) >= 11 is 0. The fraction of sp³-hybridized carbons (Fsp3) is 0.500. The van der Waals surface area contributed by atoms with Crippen LogP contribution in [-0.2, 0) is 14.3 Å². The predicted octanol–water partition coefficient (Wildman–Crippen LogP) is 3.41. The SMILES string of the molecule is COC(=O)C1=C(NC(C)c2ccccc2)CCN(C(=O)OC(C)(C)C)C1. The monoisotopic (exact) mass is 360 g/mol. The quantitative estimate of drug-likeness (QED) is 0.834. The highest BCUT2D eigenvalue weighted by Crippen LogP contribution is 2.23. The first-order valence-electron chi connectivity index (χ1n) is 8.81. The van der Waals surface area contributed by atoms with Gasteiger partial charge in [0, 0.05) is 24.7 Å². The third-order valence-electron chi connectivity index (χ3n) is 4.12. The molecule has 142 valence electrons. The van der Waals surface area contributed by atoms with Crippen molar-refractivity contribution in [2.45, 2.75) is 45.8 Å². The predicted molar refractivity (Wildman–Crippen MR) is 99.5 cm³/mol. The van der Waals surface area contributed by atoms with E-state index >= 15 is 0 Å². The second kappa shape index (κ2) is 8.25. The molecule has 1 aromatic rings. The number of benzene rings is 1. The van der Waals surface area contributed by atoms with E-state index < -0.39 is 17.7 Å². The van der Waals surface area contributed by atoms with Crippen LogP contribution >= 0.6 is 0 Å². The number of hydrogen-bond acceptors (Lipinski definition) is 5. The number of ether oxygens (including phenoxy) is 2. The summed E-state index contributed by atoms with van der Waals surface area (Å²) in [5, 5.41) is 3.41. The molecule has 6 nitrogen and oxygen atoms in total. The number of carbonyl (C=O) groups excluding carboxylic acids is 2. The topological polar surface area (TPSA) is 67.9 Å². The minimum atomic E-state index is -0.577. The van der Waals surface area contributed by atoms with Crippen LogP contribution in [0.3, 0.4) is 0 Å². The Bertz CT molecular complexity index is 677. The van der Waals surface area contributed by atoms with E-state index in [4.69, 9.17) is 9.47 Å². The van der Waals surface area contributed by atoms with Gasteiger partial charge in [0.1, 0.15) is 5.60 Å². The van der Waals surface area contributed by atoms with Crippen LogP contribution in [-0.4, -0.2) is 42.8 Å². The molecule has 1 amide bonds. The minimum Gasteiger partial charge on any atom is -0.466 e. The maximum Gasteiger partial charge on any atom is 0.410 e. The van der Waals surface area contributed by atoms with E-state index in [-0.39, 0.29) is 12.6 Å². The molecule has 0 bridgehead atoms. The Balaban J connectivity index is 2.17. The Morgan fingerprint density at radius 3 is 2.42 bits per heavy atom. The average Bonchev–Trinajstić information content (AvgIpc) is 2.60. The number of esters is 1. The molecule has 0 radical (unpaired) electrons. The van der Waals surface area contributed by atoms with E-state index in [1.807, 2.05) is 58.0 Å². The first-order chi connectivity index (χ1) is 12.2. The summed E-state index contributed by atoms with van der Waals surface area (Å²) in [7, 11) is 1.35.